The Morgan fingerprint density at radius 2 is 2.25 bits per heavy atom. The van der Waals surface area contributed by atoms with Crippen LogP contribution in [0.2, 0.25) is 0 Å². The molecule has 1 nitrogen and oxygen atoms in total. The summed E-state index contributed by atoms with van der Waals surface area (Å²) in [4.78, 5) is 12.0. The van der Waals surface area contributed by atoms with E-state index in [2.05, 4.69) is 36.4 Å². The van der Waals surface area contributed by atoms with Crippen molar-refractivity contribution in [2.45, 2.75) is 33.1 Å². The van der Waals surface area contributed by atoms with Gasteiger partial charge in [0.2, 0.25) is 0 Å². The predicted molar refractivity (Wildman–Crippen MR) is 57.4 cm³/mol. The molecule has 0 aromatic carbocycles. The third kappa shape index (κ3) is 0.875. The lowest BCUT2D eigenvalue weighted by Crippen LogP contribution is -2.37. The van der Waals surface area contributed by atoms with E-state index in [1.807, 2.05) is 0 Å². The first-order chi connectivity index (χ1) is 5.53. The van der Waals surface area contributed by atoms with Gasteiger partial charge >= 0.3 is 0 Å². The molecule has 0 saturated heterocycles. The Bertz CT molecular complexity index is 234. The van der Waals surface area contributed by atoms with Crippen LogP contribution in [-0.2, 0) is 4.79 Å². The van der Waals surface area contributed by atoms with Gasteiger partial charge in [0.1, 0.15) is 5.78 Å². The first kappa shape index (κ1) is 8.97. The molecule has 0 heterocycles. The third-order valence-corrected chi connectivity index (χ3v) is 5.41. The quantitative estimate of drug-likeness (QED) is 0.532. The van der Waals surface area contributed by atoms with E-state index in [1.54, 1.807) is 0 Å². The first-order valence-electron chi connectivity index (χ1n) is 4.64. The summed E-state index contributed by atoms with van der Waals surface area (Å²) in [5.41, 5.74) is 0.0815. The monoisotopic (exact) mass is 278 g/mol. The molecular weight excluding hydrogens is 263 g/mol. The maximum atomic E-state index is 12.0. The molecular formula is C10H15IO. The number of halogens is 1. The Balaban J connectivity index is 2.38. The maximum Gasteiger partial charge on any atom is 0.145 e. The van der Waals surface area contributed by atoms with Crippen molar-refractivity contribution >= 4 is 28.4 Å². The van der Waals surface area contributed by atoms with E-state index < -0.39 is 0 Å². The van der Waals surface area contributed by atoms with Crippen LogP contribution in [0.1, 0.15) is 33.1 Å². The molecule has 0 aromatic rings. The topological polar surface area (TPSA) is 17.1 Å². The van der Waals surface area contributed by atoms with Crippen molar-refractivity contribution in [1.82, 2.24) is 0 Å². The fraction of sp³-hybridized carbons (Fsp3) is 0.900. The Kier molecular flexibility index (Phi) is 1.84. The SMILES string of the molecule is CC1(C)C(=O)[C@]2(CI)CC[C@H]1C2. The summed E-state index contributed by atoms with van der Waals surface area (Å²) in [6, 6.07) is 0. The summed E-state index contributed by atoms with van der Waals surface area (Å²) in [6.07, 6.45) is 3.60. The molecule has 2 bridgehead atoms. The van der Waals surface area contributed by atoms with Crippen molar-refractivity contribution in [1.29, 1.82) is 0 Å². The lowest BCUT2D eigenvalue weighted by Gasteiger charge is -2.32. The van der Waals surface area contributed by atoms with Crippen molar-refractivity contribution in [2.24, 2.45) is 16.7 Å². The summed E-state index contributed by atoms with van der Waals surface area (Å²) in [5.74, 6) is 1.22. The van der Waals surface area contributed by atoms with Gasteiger partial charge < -0.3 is 0 Å². The van der Waals surface area contributed by atoms with Gasteiger partial charge in [-0.3, -0.25) is 4.79 Å². The van der Waals surface area contributed by atoms with E-state index in [9.17, 15) is 4.79 Å². The molecule has 2 atom stereocenters. The number of carbonyl (C=O) groups is 1. The van der Waals surface area contributed by atoms with E-state index in [0.29, 0.717) is 11.7 Å². The van der Waals surface area contributed by atoms with Crippen LogP contribution in [0, 0.1) is 16.7 Å². The average Bonchev–Trinajstić information content (AvgIpc) is 2.53. The molecule has 12 heavy (non-hydrogen) atoms. The number of hydrogen-bond donors (Lipinski definition) is 0. The molecule has 68 valence electrons. The fourth-order valence-electron chi connectivity index (χ4n) is 3.00. The van der Waals surface area contributed by atoms with Crippen LogP contribution in [0.15, 0.2) is 0 Å². The molecule has 2 saturated carbocycles. The average molecular weight is 278 g/mol. The summed E-state index contributed by atoms with van der Waals surface area (Å²) in [7, 11) is 0. The number of alkyl halides is 1. The van der Waals surface area contributed by atoms with E-state index in [-0.39, 0.29) is 10.8 Å². The molecule has 0 spiro atoms. The summed E-state index contributed by atoms with van der Waals surface area (Å²) < 4.78 is 1.03. The smallest absolute Gasteiger partial charge is 0.145 e. The number of ketones is 1. The number of Topliss-reactive ketones (excluding diaryl/α,β-unsaturated/α-hetero) is 1. The Morgan fingerprint density at radius 3 is 2.58 bits per heavy atom. The minimum Gasteiger partial charge on any atom is -0.298 e. The lowest BCUT2D eigenvalue weighted by atomic mass is 9.72. The van der Waals surface area contributed by atoms with Crippen LogP contribution < -0.4 is 0 Å². The van der Waals surface area contributed by atoms with Crippen LogP contribution in [0.5, 0.6) is 0 Å². The fourth-order valence-corrected chi connectivity index (χ4v) is 4.04. The molecule has 2 aliphatic rings. The predicted octanol–water partition coefficient (Wildman–Crippen LogP) is 2.82. The van der Waals surface area contributed by atoms with E-state index in [1.165, 1.54) is 12.8 Å². The molecule has 0 N–H and O–H groups in total. The van der Waals surface area contributed by atoms with Crippen LogP contribution in [-0.4, -0.2) is 10.2 Å². The minimum atomic E-state index is -0.0105. The van der Waals surface area contributed by atoms with E-state index in [4.69, 9.17) is 0 Å². The van der Waals surface area contributed by atoms with Crippen molar-refractivity contribution in [3.05, 3.63) is 0 Å². The van der Waals surface area contributed by atoms with Crippen molar-refractivity contribution < 1.29 is 4.79 Å². The highest BCUT2D eigenvalue weighted by Gasteiger charge is 2.60. The highest BCUT2D eigenvalue weighted by molar-refractivity contribution is 14.1. The summed E-state index contributed by atoms with van der Waals surface area (Å²) in [6.45, 7) is 4.26. The zero-order valence-corrected chi connectivity index (χ0v) is 9.85. The second kappa shape index (κ2) is 2.46. The Labute approximate surface area is 87.4 Å². The van der Waals surface area contributed by atoms with Crippen LogP contribution in [0.3, 0.4) is 0 Å². The molecule has 0 radical (unpaired) electrons. The second-order valence-electron chi connectivity index (χ2n) is 4.90. The van der Waals surface area contributed by atoms with Crippen molar-refractivity contribution in [3.8, 4) is 0 Å². The highest BCUT2D eigenvalue weighted by atomic mass is 127. The maximum absolute atomic E-state index is 12.0. The summed E-state index contributed by atoms with van der Waals surface area (Å²) >= 11 is 2.38. The number of fused-ring (bicyclic) bond motifs is 2. The Morgan fingerprint density at radius 1 is 1.58 bits per heavy atom. The van der Waals surface area contributed by atoms with Gasteiger partial charge in [-0.25, -0.2) is 0 Å². The number of carbonyl (C=O) groups excluding carboxylic acids is 1. The molecule has 0 unspecified atom stereocenters. The molecule has 0 amide bonds. The van der Waals surface area contributed by atoms with Gasteiger partial charge in [0, 0.05) is 15.3 Å². The first-order valence-corrected chi connectivity index (χ1v) is 6.16. The molecule has 0 aliphatic heterocycles. The van der Waals surface area contributed by atoms with Gasteiger partial charge in [-0.1, -0.05) is 36.4 Å². The summed E-state index contributed by atoms with van der Waals surface area (Å²) in [5, 5.41) is 0. The van der Waals surface area contributed by atoms with Gasteiger partial charge in [-0.2, -0.15) is 0 Å². The van der Waals surface area contributed by atoms with Gasteiger partial charge in [0.25, 0.3) is 0 Å². The molecule has 0 aromatic heterocycles. The lowest BCUT2D eigenvalue weighted by molar-refractivity contribution is -0.134. The molecule has 2 rings (SSSR count). The van der Waals surface area contributed by atoms with Crippen molar-refractivity contribution in [3.63, 3.8) is 0 Å². The zero-order chi connectivity index (χ0) is 8.98. The van der Waals surface area contributed by atoms with E-state index in [0.717, 1.165) is 10.8 Å². The van der Waals surface area contributed by atoms with Gasteiger partial charge in [0.15, 0.2) is 0 Å². The van der Waals surface area contributed by atoms with Gasteiger partial charge in [0.05, 0.1) is 0 Å². The van der Waals surface area contributed by atoms with E-state index >= 15 is 0 Å². The number of rotatable bonds is 1. The third-order valence-electron chi connectivity index (χ3n) is 3.95. The Hall–Kier alpha value is 0.400. The second-order valence-corrected chi connectivity index (χ2v) is 5.67. The largest absolute Gasteiger partial charge is 0.298 e. The number of hydrogen-bond acceptors (Lipinski definition) is 1. The normalized spacial score (nSPS) is 43.9. The molecule has 2 heteroatoms. The molecule has 2 aliphatic carbocycles. The molecule has 2 fully saturated rings. The minimum absolute atomic E-state index is 0.0105. The van der Waals surface area contributed by atoms with Crippen molar-refractivity contribution in [2.75, 3.05) is 4.43 Å². The zero-order valence-electron chi connectivity index (χ0n) is 7.69. The van der Waals surface area contributed by atoms with Crippen LogP contribution >= 0.6 is 22.6 Å². The standard InChI is InChI=1S/C10H15IO/c1-9(2)7-3-4-10(5-7,6-11)8(9)12/h7H,3-6H2,1-2H3/t7-,10+/m0/s1. The van der Waals surface area contributed by atoms with Crippen LogP contribution in [0.4, 0.5) is 0 Å². The van der Waals surface area contributed by atoms with Gasteiger partial charge in [-0.15, -0.1) is 0 Å². The highest BCUT2D eigenvalue weighted by Crippen LogP contribution is 2.60. The van der Waals surface area contributed by atoms with Crippen LogP contribution in [0.25, 0.3) is 0 Å². The van der Waals surface area contributed by atoms with Gasteiger partial charge in [-0.05, 0) is 25.2 Å².